The topological polar surface area (TPSA) is 78.5 Å². The van der Waals surface area contributed by atoms with E-state index in [4.69, 9.17) is 16.3 Å². The summed E-state index contributed by atoms with van der Waals surface area (Å²) in [5, 5.41) is 7.79. The third-order valence-corrected chi connectivity index (χ3v) is 7.04. The second-order valence-corrected chi connectivity index (χ2v) is 9.13. The van der Waals surface area contributed by atoms with E-state index < -0.39 is 9.84 Å². The van der Waals surface area contributed by atoms with Crippen molar-refractivity contribution in [3.8, 4) is 5.75 Å². The van der Waals surface area contributed by atoms with Crippen LogP contribution < -0.4 is 9.64 Å². The number of benzene rings is 2. The average Bonchev–Trinajstić information content (AvgIpc) is 3.12. The number of rotatable bonds is 4. The zero-order valence-electron chi connectivity index (χ0n) is 15.6. The van der Waals surface area contributed by atoms with Crippen LogP contribution in [0.15, 0.2) is 46.3 Å². The Morgan fingerprint density at radius 1 is 1.11 bits per heavy atom. The molecule has 1 aromatic heterocycles. The number of aromatic nitrogens is 2. The lowest BCUT2D eigenvalue weighted by Gasteiger charge is -2.34. The van der Waals surface area contributed by atoms with Crippen LogP contribution in [0.3, 0.4) is 0 Å². The number of H-pyrrole nitrogens is 1. The summed E-state index contributed by atoms with van der Waals surface area (Å²) in [5.41, 5.74) is 1.58. The van der Waals surface area contributed by atoms with Crippen LogP contribution in [0.4, 0.5) is 5.69 Å². The highest BCUT2D eigenvalue weighted by Crippen LogP contribution is 2.35. The van der Waals surface area contributed by atoms with Gasteiger partial charge in [0.1, 0.15) is 10.6 Å². The minimum atomic E-state index is -3.90. The molecule has 1 N–H and O–H groups in total. The molecule has 0 spiro atoms. The van der Waals surface area contributed by atoms with Crippen molar-refractivity contribution in [3.63, 3.8) is 0 Å². The molecule has 9 heteroatoms. The van der Waals surface area contributed by atoms with Crippen molar-refractivity contribution < 1.29 is 13.2 Å². The Morgan fingerprint density at radius 3 is 2.57 bits per heavy atom. The van der Waals surface area contributed by atoms with Gasteiger partial charge in [-0.3, -0.25) is 5.10 Å². The number of hydrogen-bond acceptors (Lipinski definition) is 6. The molecule has 3 aromatic rings. The summed E-state index contributed by atoms with van der Waals surface area (Å²) in [7, 11) is -0.372. The molecule has 0 radical (unpaired) electrons. The van der Waals surface area contributed by atoms with Gasteiger partial charge in [-0.1, -0.05) is 11.6 Å². The van der Waals surface area contributed by atoms with Crippen LogP contribution in [-0.4, -0.2) is 63.9 Å². The Morgan fingerprint density at radius 2 is 1.86 bits per heavy atom. The normalized spacial score (nSPS) is 15.9. The summed E-state index contributed by atoms with van der Waals surface area (Å²) in [6, 6.07) is 10.2. The molecule has 7 nitrogen and oxygen atoms in total. The predicted molar refractivity (Wildman–Crippen MR) is 109 cm³/mol. The molecule has 1 saturated heterocycles. The molecule has 1 aliphatic heterocycles. The van der Waals surface area contributed by atoms with Crippen LogP contribution in [0.25, 0.3) is 10.9 Å². The highest BCUT2D eigenvalue weighted by Gasteiger charge is 2.27. The molecule has 0 unspecified atom stereocenters. The van der Waals surface area contributed by atoms with E-state index in [2.05, 4.69) is 27.0 Å². The molecule has 0 saturated carbocycles. The van der Waals surface area contributed by atoms with Gasteiger partial charge in [0.25, 0.3) is 0 Å². The van der Waals surface area contributed by atoms with Crippen LogP contribution in [-0.2, 0) is 9.84 Å². The number of methoxy groups -OCH3 is 1. The van der Waals surface area contributed by atoms with Gasteiger partial charge in [-0.25, -0.2) is 8.42 Å². The zero-order valence-corrected chi connectivity index (χ0v) is 17.2. The first-order chi connectivity index (χ1) is 13.4. The molecule has 2 aromatic carbocycles. The molecule has 4 rings (SSSR count). The number of fused-ring (bicyclic) bond motifs is 1. The second-order valence-electron chi connectivity index (χ2n) is 6.84. The molecule has 0 aliphatic carbocycles. The van der Waals surface area contributed by atoms with Crippen LogP contribution in [0, 0.1) is 0 Å². The van der Waals surface area contributed by atoms with E-state index in [0.29, 0.717) is 15.9 Å². The Hall–Kier alpha value is -2.29. The second kappa shape index (κ2) is 7.27. The third kappa shape index (κ3) is 3.32. The number of nitrogens with one attached hydrogen (secondary N) is 1. The van der Waals surface area contributed by atoms with E-state index in [1.807, 2.05) is 18.2 Å². The molecule has 2 heterocycles. The number of likely N-dealkylation sites (N-methyl/N-ethyl adjacent to an activating group) is 1. The first kappa shape index (κ1) is 19.0. The lowest BCUT2D eigenvalue weighted by atomic mass is 10.2. The molecule has 0 bridgehead atoms. The molecular formula is C19H21ClN4O3S. The SMILES string of the molecule is COc1ccc(Cl)cc1S(=O)(=O)c1[nH]nc2ccc(N3CCN(C)CC3)cc12. The van der Waals surface area contributed by atoms with Crippen molar-refractivity contribution in [3.05, 3.63) is 41.4 Å². The Bertz CT molecular complexity index is 1120. The molecule has 1 fully saturated rings. The van der Waals surface area contributed by atoms with Crippen molar-refractivity contribution in [1.29, 1.82) is 0 Å². The van der Waals surface area contributed by atoms with Crippen LogP contribution in [0.1, 0.15) is 0 Å². The van der Waals surface area contributed by atoms with Crippen LogP contribution >= 0.6 is 11.6 Å². The number of piperazine rings is 1. The van der Waals surface area contributed by atoms with Crippen molar-refractivity contribution >= 4 is 38.0 Å². The fraction of sp³-hybridized carbons (Fsp3) is 0.316. The van der Waals surface area contributed by atoms with Crippen LogP contribution in [0.2, 0.25) is 5.02 Å². The summed E-state index contributed by atoms with van der Waals surface area (Å²) in [4.78, 5) is 4.54. The van der Waals surface area contributed by atoms with E-state index in [1.165, 1.54) is 13.2 Å². The monoisotopic (exact) mass is 420 g/mol. The maximum Gasteiger partial charge on any atom is 0.227 e. The minimum Gasteiger partial charge on any atom is -0.495 e. The predicted octanol–water partition coefficient (Wildman–Crippen LogP) is 2.81. The van der Waals surface area contributed by atoms with Crippen molar-refractivity contribution in [2.45, 2.75) is 9.92 Å². The molecular weight excluding hydrogens is 400 g/mol. The van der Waals surface area contributed by atoms with E-state index in [-0.39, 0.29) is 15.7 Å². The number of sulfone groups is 1. The Kier molecular flexibility index (Phi) is 4.95. The number of nitrogens with zero attached hydrogens (tertiary/aromatic N) is 3. The number of halogens is 1. The highest BCUT2D eigenvalue weighted by molar-refractivity contribution is 7.91. The number of ether oxygens (including phenoxy) is 1. The van der Waals surface area contributed by atoms with Crippen molar-refractivity contribution in [2.75, 3.05) is 45.2 Å². The van der Waals surface area contributed by atoms with Gasteiger partial charge in [0.05, 0.1) is 12.6 Å². The summed E-state index contributed by atoms with van der Waals surface area (Å²) >= 11 is 6.04. The fourth-order valence-corrected chi connectivity index (χ4v) is 5.19. The quantitative estimate of drug-likeness (QED) is 0.699. The summed E-state index contributed by atoms with van der Waals surface area (Å²) in [5.74, 6) is 0.238. The molecule has 148 valence electrons. The molecule has 0 atom stereocenters. The smallest absolute Gasteiger partial charge is 0.227 e. The minimum absolute atomic E-state index is 0.0121. The maximum atomic E-state index is 13.3. The lowest BCUT2D eigenvalue weighted by molar-refractivity contribution is 0.313. The van der Waals surface area contributed by atoms with Gasteiger partial charge in [-0.2, -0.15) is 5.10 Å². The average molecular weight is 421 g/mol. The lowest BCUT2D eigenvalue weighted by Crippen LogP contribution is -2.44. The molecule has 28 heavy (non-hydrogen) atoms. The van der Waals surface area contributed by atoms with Crippen molar-refractivity contribution in [2.24, 2.45) is 0 Å². The highest BCUT2D eigenvalue weighted by atomic mass is 35.5. The zero-order chi connectivity index (χ0) is 19.9. The summed E-state index contributed by atoms with van der Waals surface area (Å²) in [6.07, 6.45) is 0. The van der Waals surface area contributed by atoms with Gasteiger partial charge in [-0.05, 0) is 43.4 Å². The summed E-state index contributed by atoms with van der Waals surface area (Å²) < 4.78 is 31.9. The van der Waals surface area contributed by atoms with E-state index >= 15 is 0 Å². The number of hydrogen-bond donors (Lipinski definition) is 1. The maximum absolute atomic E-state index is 13.3. The summed E-state index contributed by atoms with van der Waals surface area (Å²) in [6.45, 7) is 3.72. The fourth-order valence-electron chi connectivity index (χ4n) is 3.41. The Labute approximate surface area is 168 Å². The first-order valence-electron chi connectivity index (χ1n) is 8.90. The van der Waals surface area contributed by atoms with Crippen molar-refractivity contribution in [1.82, 2.24) is 15.1 Å². The molecule has 1 aliphatic rings. The number of aromatic amines is 1. The van der Waals surface area contributed by atoms with Gasteiger partial charge >= 0.3 is 0 Å². The number of anilines is 1. The van der Waals surface area contributed by atoms with E-state index in [9.17, 15) is 8.42 Å². The van der Waals surface area contributed by atoms with Gasteiger partial charge in [0.15, 0.2) is 5.03 Å². The Balaban J connectivity index is 1.81. The van der Waals surface area contributed by atoms with E-state index in [0.717, 1.165) is 31.9 Å². The van der Waals surface area contributed by atoms with Crippen LogP contribution in [0.5, 0.6) is 5.75 Å². The van der Waals surface area contributed by atoms with E-state index in [1.54, 1.807) is 12.1 Å². The van der Waals surface area contributed by atoms with Gasteiger partial charge in [0, 0.05) is 42.3 Å². The molecule has 0 amide bonds. The largest absolute Gasteiger partial charge is 0.495 e. The third-order valence-electron chi connectivity index (χ3n) is 5.06. The first-order valence-corrected chi connectivity index (χ1v) is 10.8. The standard InChI is InChI=1S/C19H21ClN4O3S/c1-23-7-9-24(10-8-23)14-4-5-16-15(12-14)19(22-21-16)28(25,26)18-11-13(20)3-6-17(18)27-2/h3-6,11-12H,7-10H2,1-2H3,(H,21,22). The van der Waals surface area contributed by atoms with Gasteiger partial charge in [-0.15, -0.1) is 0 Å². The van der Waals surface area contributed by atoms with Gasteiger partial charge in [0.2, 0.25) is 9.84 Å². The van der Waals surface area contributed by atoms with Gasteiger partial charge < -0.3 is 14.5 Å².